The lowest BCUT2D eigenvalue weighted by Crippen LogP contribution is -2.44. The van der Waals surface area contributed by atoms with E-state index >= 15 is 0 Å². The van der Waals surface area contributed by atoms with Gasteiger partial charge in [-0.3, -0.25) is 5.32 Å². The first-order chi connectivity index (χ1) is 6.49. The Balaban J connectivity index is 2.23. The van der Waals surface area contributed by atoms with Gasteiger partial charge in [-0.15, -0.1) is 0 Å². The highest BCUT2D eigenvalue weighted by Crippen LogP contribution is 2.24. The molecular formula is C9H18FNO2S. The first-order valence-corrected chi connectivity index (χ1v) is 6.28. The summed E-state index contributed by atoms with van der Waals surface area (Å²) in [6.07, 6.45) is 4.74. The zero-order valence-corrected chi connectivity index (χ0v) is 9.28. The van der Waals surface area contributed by atoms with Crippen LogP contribution in [0.25, 0.3) is 0 Å². The minimum atomic E-state index is -2.08. The number of alkyl halides is 1. The van der Waals surface area contributed by atoms with Crippen LogP contribution in [0.4, 0.5) is 4.39 Å². The van der Waals surface area contributed by atoms with Crippen molar-refractivity contribution in [1.82, 2.24) is 5.32 Å². The molecule has 2 atom stereocenters. The molecule has 5 heteroatoms. The number of nitrogens with one attached hydrogen (secondary N) is 1. The molecule has 1 fully saturated rings. The van der Waals surface area contributed by atoms with E-state index in [4.69, 9.17) is 4.55 Å². The first kappa shape index (κ1) is 12.1. The van der Waals surface area contributed by atoms with Crippen molar-refractivity contribution >= 4 is 11.1 Å². The van der Waals surface area contributed by atoms with E-state index in [0.717, 1.165) is 12.8 Å². The molecule has 14 heavy (non-hydrogen) atoms. The van der Waals surface area contributed by atoms with Gasteiger partial charge < -0.3 is 4.55 Å². The maximum absolute atomic E-state index is 13.5. The van der Waals surface area contributed by atoms with Gasteiger partial charge in [0.15, 0.2) is 16.9 Å². The van der Waals surface area contributed by atoms with Crippen molar-refractivity contribution < 1.29 is 13.2 Å². The molecular weight excluding hydrogens is 205 g/mol. The Morgan fingerprint density at radius 2 is 2.14 bits per heavy atom. The zero-order valence-electron chi connectivity index (χ0n) is 8.46. The second-order valence-corrected chi connectivity index (χ2v) is 5.13. The summed E-state index contributed by atoms with van der Waals surface area (Å²) in [6.45, 7) is 1.93. The molecule has 1 unspecified atom stereocenters. The summed E-state index contributed by atoms with van der Waals surface area (Å²) in [7, 11) is 0. The predicted octanol–water partition coefficient (Wildman–Crippen LogP) is 1.67. The fourth-order valence-electron chi connectivity index (χ4n) is 1.85. The highest BCUT2D eigenvalue weighted by molar-refractivity contribution is 7.79. The predicted molar refractivity (Wildman–Crippen MR) is 55.1 cm³/mol. The van der Waals surface area contributed by atoms with Gasteiger partial charge >= 0.3 is 0 Å². The van der Waals surface area contributed by atoms with Gasteiger partial charge in [-0.2, -0.15) is 0 Å². The highest BCUT2D eigenvalue weighted by Gasteiger charge is 2.27. The smallest absolute Gasteiger partial charge is 0.172 e. The van der Waals surface area contributed by atoms with Crippen molar-refractivity contribution in [2.45, 2.75) is 38.4 Å². The van der Waals surface area contributed by atoms with Crippen LogP contribution in [-0.2, 0) is 11.1 Å². The Morgan fingerprint density at radius 3 is 2.64 bits per heavy atom. The zero-order chi connectivity index (χ0) is 10.6. The molecule has 1 aliphatic carbocycles. The summed E-state index contributed by atoms with van der Waals surface area (Å²) in [5.74, 6) is -1.54. The summed E-state index contributed by atoms with van der Waals surface area (Å²) in [6, 6.07) is 0. The van der Waals surface area contributed by atoms with Gasteiger partial charge in [0, 0.05) is 6.54 Å². The fraction of sp³-hybridized carbons (Fsp3) is 1.00. The third kappa shape index (κ3) is 4.48. The third-order valence-electron chi connectivity index (χ3n) is 2.63. The fourth-order valence-corrected chi connectivity index (χ4v) is 2.42. The number of rotatable bonds is 5. The Morgan fingerprint density at radius 1 is 1.57 bits per heavy atom. The molecule has 0 radical (unpaired) electrons. The summed E-state index contributed by atoms with van der Waals surface area (Å²) >= 11 is -2.08. The third-order valence-corrected chi connectivity index (χ3v) is 3.42. The molecule has 0 aliphatic heterocycles. The van der Waals surface area contributed by atoms with Gasteiger partial charge in [0.2, 0.25) is 0 Å². The van der Waals surface area contributed by atoms with Crippen LogP contribution in [0.2, 0.25) is 0 Å². The lowest BCUT2D eigenvalue weighted by Gasteiger charge is -2.22. The van der Waals surface area contributed by atoms with Crippen LogP contribution in [0.3, 0.4) is 0 Å². The minimum Gasteiger partial charge on any atom is -0.306 e. The van der Waals surface area contributed by atoms with E-state index in [1.807, 2.05) is 0 Å². The molecule has 1 rings (SSSR count). The van der Waals surface area contributed by atoms with E-state index in [9.17, 15) is 8.60 Å². The molecule has 84 valence electrons. The molecule has 0 aromatic carbocycles. The molecule has 0 aromatic heterocycles. The molecule has 1 aliphatic rings. The van der Waals surface area contributed by atoms with Crippen LogP contribution in [-0.4, -0.2) is 26.9 Å². The van der Waals surface area contributed by atoms with Crippen molar-refractivity contribution in [2.75, 3.05) is 12.3 Å². The first-order valence-electron chi connectivity index (χ1n) is 5.01. The summed E-state index contributed by atoms with van der Waals surface area (Å²) < 4.78 is 32.5. The van der Waals surface area contributed by atoms with E-state index in [-0.39, 0.29) is 5.75 Å². The molecule has 0 bridgehead atoms. The van der Waals surface area contributed by atoms with E-state index in [2.05, 4.69) is 5.32 Å². The maximum atomic E-state index is 13.5. The summed E-state index contributed by atoms with van der Waals surface area (Å²) in [5, 5.41) is 2.71. The number of hydrogen-bond donors (Lipinski definition) is 2. The SMILES string of the molecule is C[C@@](F)(CS(=O)O)NCC1CCCC1. The van der Waals surface area contributed by atoms with Crippen LogP contribution >= 0.6 is 0 Å². The Labute approximate surface area is 86.7 Å². The second kappa shape index (κ2) is 5.19. The van der Waals surface area contributed by atoms with Crippen LogP contribution in [0.15, 0.2) is 0 Å². The standard InChI is InChI=1S/C9H18FNO2S/c1-9(10,7-14(12)13)11-6-8-4-2-3-5-8/h8,11H,2-7H2,1H3,(H,12,13)/t9-/m0/s1. The summed E-state index contributed by atoms with van der Waals surface area (Å²) in [5.41, 5.74) is 0. The van der Waals surface area contributed by atoms with Crippen LogP contribution in [0, 0.1) is 5.92 Å². The number of halogens is 1. The molecule has 0 heterocycles. The highest BCUT2D eigenvalue weighted by atomic mass is 32.2. The molecule has 0 aromatic rings. The average molecular weight is 223 g/mol. The van der Waals surface area contributed by atoms with Crippen molar-refractivity contribution in [3.8, 4) is 0 Å². The van der Waals surface area contributed by atoms with Gasteiger partial charge in [-0.05, 0) is 25.7 Å². The van der Waals surface area contributed by atoms with Gasteiger partial charge in [-0.1, -0.05) is 12.8 Å². The molecule has 0 spiro atoms. The second-order valence-electron chi connectivity index (χ2n) is 4.19. The van der Waals surface area contributed by atoms with E-state index < -0.39 is 16.9 Å². The Kier molecular flexibility index (Phi) is 4.47. The number of hydrogen-bond acceptors (Lipinski definition) is 2. The van der Waals surface area contributed by atoms with Crippen molar-refractivity contribution in [3.63, 3.8) is 0 Å². The van der Waals surface area contributed by atoms with Crippen molar-refractivity contribution in [2.24, 2.45) is 5.92 Å². The van der Waals surface area contributed by atoms with E-state index in [0.29, 0.717) is 12.5 Å². The van der Waals surface area contributed by atoms with E-state index in [1.165, 1.54) is 19.8 Å². The molecule has 2 N–H and O–H groups in total. The molecule has 1 saturated carbocycles. The normalized spacial score (nSPS) is 24.8. The largest absolute Gasteiger partial charge is 0.306 e. The topological polar surface area (TPSA) is 49.3 Å². The van der Waals surface area contributed by atoms with Crippen molar-refractivity contribution in [3.05, 3.63) is 0 Å². The average Bonchev–Trinajstić information content (AvgIpc) is 2.50. The van der Waals surface area contributed by atoms with Gasteiger partial charge in [0.05, 0.1) is 5.75 Å². The van der Waals surface area contributed by atoms with Gasteiger partial charge in [-0.25, -0.2) is 8.60 Å². The Bertz CT molecular complexity index is 205. The minimum absolute atomic E-state index is 0.361. The maximum Gasteiger partial charge on any atom is 0.172 e. The molecule has 0 amide bonds. The monoisotopic (exact) mass is 223 g/mol. The Hall–Kier alpha value is -0.0000000000000000416. The van der Waals surface area contributed by atoms with Crippen molar-refractivity contribution in [1.29, 1.82) is 0 Å². The lowest BCUT2D eigenvalue weighted by molar-refractivity contribution is 0.158. The van der Waals surface area contributed by atoms with Crippen LogP contribution in [0.5, 0.6) is 0 Å². The van der Waals surface area contributed by atoms with Crippen LogP contribution in [0.1, 0.15) is 32.6 Å². The van der Waals surface area contributed by atoms with Gasteiger partial charge in [0.25, 0.3) is 0 Å². The summed E-state index contributed by atoms with van der Waals surface area (Å²) in [4.78, 5) is 0. The lowest BCUT2D eigenvalue weighted by atomic mass is 10.1. The molecule has 3 nitrogen and oxygen atoms in total. The quantitative estimate of drug-likeness (QED) is 0.550. The van der Waals surface area contributed by atoms with E-state index in [1.54, 1.807) is 0 Å². The molecule has 0 saturated heterocycles. The van der Waals surface area contributed by atoms with Gasteiger partial charge in [0.1, 0.15) is 0 Å². The van der Waals surface area contributed by atoms with Crippen LogP contribution < -0.4 is 5.32 Å².